The molecule has 0 radical (unpaired) electrons. The minimum absolute atomic E-state index is 0.109. The molecule has 0 spiro atoms. The molecule has 3 rings (SSSR count). The lowest BCUT2D eigenvalue weighted by molar-refractivity contribution is 0.148. The van der Waals surface area contributed by atoms with Crippen molar-refractivity contribution in [2.45, 2.75) is 32.2 Å². The number of benzene rings is 1. The average molecular weight is 284 g/mol. The van der Waals surface area contributed by atoms with E-state index in [2.05, 4.69) is 0 Å². The van der Waals surface area contributed by atoms with Gasteiger partial charge in [0.05, 0.1) is 16.5 Å². The van der Waals surface area contributed by atoms with Gasteiger partial charge >= 0.3 is 5.69 Å². The average Bonchev–Trinajstić information content (AvgIpc) is 3.14. The van der Waals surface area contributed by atoms with Crippen molar-refractivity contribution in [1.82, 2.24) is 9.55 Å². The predicted octanol–water partition coefficient (Wildman–Crippen LogP) is 2.41. The van der Waals surface area contributed by atoms with Gasteiger partial charge in [-0.3, -0.25) is 14.3 Å². The van der Waals surface area contributed by atoms with Gasteiger partial charge in [0, 0.05) is 6.04 Å². The molecule has 0 aliphatic heterocycles. The third kappa shape index (κ3) is 1.76. The second-order valence-corrected chi connectivity index (χ2v) is 4.97. The van der Waals surface area contributed by atoms with Crippen LogP contribution in [-0.2, 0) is 0 Å². The molecule has 2 aromatic rings. The van der Waals surface area contributed by atoms with Crippen LogP contribution in [0.3, 0.4) is 0 Å². The van der Waals surface area contributed by atoms with Crippen molar-refractivity contribution in [3.8, 4) is 0 Å². The number of nitrogens with zero attached hydrogens (tertiary/aromatic N) is 1. The molecule has 1 aromatic carbocycles. The number of hydrogen-bond acceptors (Lipinski definition) is 2. The molecule has 20 heavy (non-hydrogen) atoms. The van der Waals surface area contributed by atoms with Crippen molar-refractivity contribution >= 4 is 10.9 Å². The Kier molecular flexibility index (Phi) is 2.74. The zero-order chi connectivity index (χ0) is 14.6. The fraction of sp³-hybridized carbons (Fsp3) is 0.385. The molecule has 0 atom stereocenters. The second kappa shape index (κ2) is 4.22. The molecule has 7 heteroatoms. The Bertz CT molecular complexity index is 819. The van der Waals surface area contributed by atoms with Crippen LogP contribution in [-0.4, -0.2) is 9.55 Å². The number of H-pyrrole nitrogens is 1. The maximum Gasteiger partial charge on any atom is 0.329 e. The van der Waals surface area contributed by atoms with Crippen molar-refractivity contribution in [2.75, 3.05) is 0 Å². The van der Waals surface area contributed by atoms with Crippen LogP contribution in [0.25, 0.3) is 10.9 Å². The van der Waals surface area contributed by atoms with Crippen molar-refractivity contribution in [3.63, 3.8) is 0 Å². The molecule has 1 aliphatic carbocycles. The van der Waals surface area contributed by atoms with Crippen LogP contribution in [0.5, 0.6) is 0 Å². The molecule has 1 aromatic heterocycles. The van der Waals surface area contributed by atoms with E-state index >= 15 is 0 Å². The molecule has 0 saturated heterocycles. The summed E-state index contributed by atoms with van der Waals surface area (Å²) in [5, 5.41) is -0.427. The summed E-state index contributed by atoms with van der Waals surface area (Å²) in [5.41, 5.74) is -2.14. The van der Waals surface area contributed by atoms with Crippen LogP contribution in [0.2, 0.25) is 0 Å². The molecule has 0 amide bonds. The lowest BCUT2D eigenvalue weighted by atomic mass is 10.0. The molecule has 0 bridgehead atoms. The predicted molar refractivity (Wildman–Crippen MR) is 66.8 cm³/mol. The van der Waals surface area contributed by atoms with Gasteiger partial charge in [-0.15, -0.1) is 0 Å². The Morgan fingerprint density at radius 1 is 1.35 bits per heavy atom. The Balaban J connectivity index is 2.58. The number of nitrogens with one attached hydrogen (secondary N) is 1. The van der Waals surface area contributed by atoms with Gasteiger partial charge in [-0.1, -0.05) is 0 Å². The standard InChI is InChI=1S/C13H11F3N2O2/c1-5-4-7(14)8(11(15)16)9-10(5)18(6-2-3-6)13(20)17-12(9)19/h4,6,11H,2-3H2,1H3,(H,17,19,20). The number of alkyl halides is 2. The Morgan fingerprint density at radius 3 is 2.55 bits per heavy atom. The third-order valence-electron chi connectivity index (χ3n) is 3.52. The van der Waals surface area contributed by atoms with Crippen LogP contribution >= 0.6 is 0 Å². The van der Waals surface area contributed by atoms with Crippen LogP contribution in [0.15, 0.2) is 15.7 Å². The minimum atomic E-state index is -3.12. The molecular weight excluding hydrogens is 273 g/mol. The molecule has 106 valence electrons. The van der Waals surface area contributed by atoms with E-state index in [0.717, 1.165) is 18.9 Å². The summed E-state index contributed by atoms with van der Waals surface area (Å²) in [6.07, 6.45) is -1.65. The van der Waals surface area contributed by atoms with E-state index in [9.17, 15) is 22.8 Å². The first-order valence-corrected chi connectivity index (χ1v) is 6.17. The first kappa shape index (κ1) is 13.0. The van der Waals surface area contributed by atoms with Crippen molar-refractivity contribution in [1.29, 1.82) is 0 Å². The summed E-state index contributed by atoms with van der Waals surface area (Å²) < 4.78 is 41.1. The molecular formula is C13H11F3N2O2. The largest absolute Gasteiger partial charge is 0.329 e. The zero-order valence-electron chi connectivity index (χ0n) is 10.5. The van der Waals surface area contributed by atoms with Gasteiger partial charge in [0.25, 0.3) is 12.0 Å². The lowest BCUT2D eigenvalue weighted by Gasteiger charge is -2.14. The smallest absolute Gasteiger partial charge is 0.290 e. The highest BCUT2D eigenvalue weighted by Gasteiger charge is 2.30. The molecule has 4 nitrogen and oxygen atoms in total. The van der Waals surface area contributed by atoms with Gasteiger partial charge in [0.15, 0.2) is 0 Å². The summed E-state index contributed by atoms with van der Waals surface area (Å²) in [4.78, 5) is 25.7. The number of aryl methyl sites for hydroxylation is 1. The number of halogens is 3. The zero-order valence-corrected chi connectivity index (χ0v) is 10.5. The van der Waals surface area contributed by atoms with Gasteiger partial charge in [0.1, 0.15) is 5.82 Å². The third-order valence-corrected chi connectivity index (χ3v) is 3.52. The second-order valence-electron chi connectivity index (χ2n) is 4.97. The lowest BCUT2D eigenvalue weighted by Crippen LogP contribution is -2.31. The van der Waals surface area contributed by atoms with Gasteiger partial charge in [-0.05, 0) is 31.4 Å². The van der Waals surface area contributed by atoms with Gasteiger partial charge in [0.2, 0.25) is 0 Å². The first-order valence-electron chi connectivity index (χ1n) is 6.17. The highest BCUT2D eigenvalue weighted by atomic mass is 19.3. The number of hydrogen-bond donors (Lipinski definition) is 1. The first-order chi connectivity index (χ1) is 9.41. The van der Waals surface area contributed by atoms with E-state index in [-0.39, 0.29) is 11.6 Å². The number of rotatable bonds is 2. The van der Waals surface area contributed by atoms with Crippen LogP contribution in [0.1, 0.15) is 36.4 Å². The van der Waals surface area contributed by atoms with E-state index in [1.165, 1.54) is 11.5 Å². The fourth-order valence-electron chi connectivity index (χ4n) is 2.54. The minimum Gasteiger partial charge on any atom is -0.290 e. The number of fused-ring (bicyclic) bond motifs is 1. The van der Waals surface area contributed by atoms with E-state index in [4.69, 9.17) is 0 Å². The van der Waals surface area contributed by atoms with Gasteiger partial charge < -0.3 is 0 Å². The van der Waals surface area contributed by atoms with Crippen molar-refractivity contribution < 1.29 is 13.2 Å². The Hall–Kier alpha value is -2.05. The van der Waals surface area contributed by atoms with Gasteiger partial charge in [-0.2, -0.15) is 0 Å². The summed E-state index contributed by atoms with van der Waals surface area (Å²) in [5.74, 6) is -1.13. The Labute approximate surface area is 110 Å². The highest BCUT2D eigenvalue weighted by molar-refractivity contribution is 5.85. The highest BCUT2D eigenvalue weighted by Crippen LogP contribution is 2.37. The molecule has 0 unspecified atom stereocenters. The van der Waals surface area contributed by atoms with Gasteiger partial charge in [-0.25, -0.2) is 18.0 Å². The summed E-state index contributed by atoms with van der Waals surface area (Å²) in [7, 11) is 0. The monoisotopic (exact) mass is 284 g/mol. The van der Waals surface area contributed by atoms with E-state index in [1.54, 1.807) is 0 Å². The van der Waals surface area contributed by atoms with Crippen LogP contribution in [0.4, 0.5) is 13.2 Å². The van der Waals surface area contributed by atoms with Crippen molar-refractivity contribution in [2.24, 2.45) is 0 Å². The van der Waals surface area contributed by atoms with Crippen LogP contribution in [0, 0.1) is 12.7 Å². The van der Waals surface area contributed by atoms with E-state index in [0.29, 0.717) is 5.56 Å². The maximum atomic E-state index is 13.7. The van der Waals surface area contributed by atoms with E-state index in [1.807, 2.05) is 4.98 Å². The number of aromatic amines is 1. The SMILES string of the molecule is Cc1cc(F)c(C(F)F)c2c(=O)[nH]c(=O)n(C3CC3)c12. The molecule has 1 heterocycles. The topological polar surface area (TPSA) is 54.9 Å². The molecule has 1 aliphatic rings. The molecule has 1 fully saturated rings. The number of aromatic nitrogens is 2. The normalized spacial score (nSPS) is 15.2. The van der Waals surface area contributed by atoms with E-state index < -0.39 is 34.4 Å². The summed E-state index contributed by atoms with van der Waals surface area (Å²) in [6.45, 7) is 1.50. The molecule has 1 N–H and O–H groups in total. The van der Waals surface area contributed by atoms with Crippen LogP contribution < -0.4 is 11.2 Å². The maximum absolute atomic E-state index is 13.7. The Morgan fingerprint density at radius 2 is 2.00 bits per heavy atom. The summed E-state index contributed by atoms with van der Waals surface area (Å²) >= 11 is 0. The summed E-state index contributed by atoms with van der Waals surface area (Å²) in [6, 6.07) is 0.832. The quantitative estimate of drug-likeness (QED) is 0.920. The fourth-order valence-corrected chi connectivity index (χ4v) is 2.54. The molecule has 1 saturated carbocycles. The van der Waals surface area contributed by atoms with Crippen molar-refractivity contribution in [3.05, 3.63) is 43.8 Å².